The van der Waals surface area contributed by atoms with Gasteiger partial charge in [0.15, 0.2) is 0 Å². The summed E-state index contributed by atoms with van der Waals surface area (Å²) in [5.74, 6) is 0.136. The molecule has 0 saturated carbocycles. The van der Waals surface area contributed by atoms with Gasteiger partial charge >= 0.3 is 5.91 Å². The summed E-state index contributed by atoms with van der Waals surface area (Å²) in [6.45, 7) is 0.445. The van der Waals surface area contributed by atoms with E-state index >= 15 is 0 Å². The number of hydrogen-bond donors (Lipinski definition) is 0. The lowest BCUT2D eigenvalue weighted by Gasteiger charge is -2.20. The molecule has 0 aliphatic carbocycles. The first-order chi connectivity index (χ1) is 4.75. The lowest BCUT2D eigenvalue weighted by Crippen LogP contribution is -2.39. The summed E-state index contributed by atoms with van der Waals surface area (Å²) in [4.78, 5) is 32.4. The molecule has 0 spiro atoms. The van der Waals surface area contributed by atoms with Crippen molar-refractivity contribution < 1.29 is 14.4 Å². The molecule has 0 atom stereocenters. The van der Waals surface area contributed by atoms with Crippen LogP contribution in [0.4, 0.5) is 0 Å². The van der Waals surface area contributed by atoms with E-state index < -0.39 is 17.7 Å². The largest absolute Gasteiger partial charge is 0.303 e. The average molecular weight is 163 g/mol. The monoisotopic (exact) mass is 163 g/mol. The van der Waals surface area contributed by atoms with Gasteiger partial charge < -0.3 is 0 Å². The molecule has 4 nitrogen and oxygen atoms in total. The number of carbonyl (C=O) groups is 3. The predicted molar refractivity (Wildman–Crippen MR) is 40.8 cm³/mol. The molecule has 0 bridgehead atoms. The zero-order valence-electron chi connectivity index (χ0n) is 5.37. The van der Waals surface area contributed by atoms with Crippen LogP contribution in [0.3, 0.4) is 0 Å². The molecule has 10 heavy (non-hydrogen) atoms. The van der Waals surface area contributed by atoms with Crippen LogP contribution >= 0.6 is 11.8 Å². The van der Waals surface area contributed by atoms with Gasteiger partial charge in [-0.25, -0.2) is 11.8 Å². The summed E-state index contributed by atoms with van der Waals surface area (Å²) in [5.41, 5.74) is 0. The second kappa shape index (κ2) is 2.83. The highest BCUT2D eigenvalue weighted by Gasteiger charge is 2.23. The SMILES string of the molecule is O=CN1CC[SH4]C(=O)C1=O. The number of carbonyl (C=O) groups excluding carboxylic acids is 3. The summed E-state index contributed by atoms with van der Waals surface area (Å²) in [6.07, 6.45) is 0.424. The van der Waals surface area contributed by atoms with E-state index in [1.807, 2.05) is 0 Å². The van der Waals surface area contributed by atoms with E-state index in [4.69, 9.17) is 0 Å². The Labute approximate surface area is 61.6 Å². The van der Waals surface area contributed by atoms with Crippen LogP contribution < -0.4 is 0 Å². The molecule has 58 valence electrons. The molecule has 2 amide bonds. The maximum Gasteiger partial charge on any atom is 0.303 e. The van der Waals surface area contributed by atoms with Crippen molar-refractivity contribution in [2.75, 3.05) is 12.3 Å². The molecule has 0 aromatic carbocycles. The van der Waals surface area contributed by atoms with E-state index in [1.165, 1.54) is 0 Å². The molecule has 1 aliphatic heterocycles. The average Bonchev–Trinajstić information content (AvgIpc) is 1.95. The van der Waals surface area contributed by atoms with Crippen LogP contribution in [0.2, 0.25) is 0 Å². The van der Waals surface area contributed by atoms with Gasteiger partial charge in [0, 0.05) is 6.54 Å². The number of amides is 2. The van der Waals surface area contributed by atoms with Gasteiger partial charge in [0.1, 0.15) is 0 Å². The van der Waals surface area contributed by atoms with Crippen molar-refractivity contribution in [2.45, 2.75) is 0 Å². The van der Waals surface area contributed by atoms with Crippen molar-refractivity contribution in [2.24, 2.45) is 0 Å². The minimum absolute atomic E-state index is 0.321. The van der Waals surface area contributed by atoms with Gasteiger partial charge in [0.2, 0.25) is 11.5 Å². The van der Waals surface area contributed by atoms with Crippen LogP contribution in [0.15, 0.2) is 0 Å². The molecule has 0 radical (unpaired) electrons. The van der Waals surface area contributed by atoms with Gasteiger partial charge in [0.05, 0.1) is 0 Å². The summed E-state index contributed by atoms with van der Waals surface area (Å²) < 4.78 is 0. The van der Waals surface area contributed by atoms with Gasteiger partial charge in [-0.1, -0.05) is 0 Å². The molecule has 0 aromatic rings. The molecule has 0 N–H and O–H groups in total. The Balaban J connectivity index is 2.68. The zero-order valence-corrected chi connectivity index (χ0v) is 6.78. The first-order valence-corrected chi connectivity index (χ1v) is 4.75. The van der Waals surface area contributed by atoms with Crippen LogP contribution in [0.1, 0.15) is 0 Å². The molecule has 1 aliphatic rings. The zero-order chi connectivity index (χ0) is 7.56. The summed E-state index contributed by atoms with van der Waals surface area (Å²) >= 11 is -0.845. The Morgan fingerprint density at radius 1 is 1.50 bits per heavy atom. The molecular weight excluding hydrogens is 154 g/mol. The first-order valence-electron chi connectivity index (χ1n) is 3.05. The van der Waals surface area contributed by atoms with Crippen molar-refractivity contribution in [1.29, 1.82) is 0 Å². The Kier molecular flexibility index (Phi) is 2.06. The minimum atomic E-state index is -0.845. The number of rotatable bonds is 1. The van der Waals surface area contributed by atoms with E-state index in [0.29, 0.717) is 13.0 Å². The Morgan fingerprint density at radius 2 is 2.20 bits per heavy atom. The van der Waals surface area contributed by atoms with E-state index in [-0.39, 0.29) is 5.12 Å². The summed E-state index contributed by atoms with van der Waals surface area (Å²) in [5, 5.41) is -0.321. The van der Waals surface area contributed by atoms with E-state index in [1.54, 1.807) is 0 Å². The predicted octanol–water partition coefficient (Wildman–Crippen LogP) is -1.83. The fraction of sp³-hybridized carbons (Fsp3) is 0.400. The van der Waals surface area contributed by atoms with Crippen molar-refractivity contribution in [3.8, 4) is 0 Å². The van der Waals surface area contributed by atoms with Crippen LogP contribution in [0.25, 0.3) is 0 Å². The maximum atomic E-state index is 10.7. The van der Waals surface area contributed by atoms with Crippen molar-refractivity contribution >= 4 is 29.2 Å². The molecule has 0 unspecified atom stereocenters. The van der Waals surface area contributed by atoms with Gasteiger partial charge in [-0.2, -0.15) is 0 Å². The molecule has 5 heteroatoms. The van der Waals surface area contributed by atoms with Crippen LogP contribution in [0.5, 0.6) is 0 Å². The Hall–Kier alpha value is -0.840. The highest BCUT2D eigenvalue weighted by atomic mass is 32.2. The molecule has 1 heterocycles. The first kappa shape index (κ1) is 7.27. The standard InChI is InChI=1S/C5H9NO3S/c7-3-6-1-2-10-5(9)4(6)8/h3H,1-2H2,10H4. The van der Waals surface area contributed by atoms with Crippen LogP contribution in [-0.2, 0) is 14.4 Å². The van der Waals surface area contributed by atoms with Crippen LogP contribution in [-0.4, -0.2) is 34.6 Å². The highest BCUT2D eigenvalue weighted by Crippen LogP contribution is 2.10. The van der Waals surface area contributed by atoms with Gasteiger partial charge in [-0.15, -0.1) is 0 Å². The maximum absolute atomic E-state index is 10.7. The number of nitrogens with zero attached hydrogens (tertiary/aromatic N) is 1. The molecule has 1 fully saturated rings. The van der Waals surface area contributed by atoms with Crippen molar-refractivity contribution in [1.82, 2.24) is 4.90 Å². The van der Waals surface area contributed by atoms with E-state index in [2.05, 4.69) is 0 Å². The van der Waals surface area contributed by atoms with Gasteiger partial charge in [-0.3, -0.25) is 19.3 Å². The van der Waals surface area contributed by atoms with E-state index in [9.17, 15) is 14.4 Å². The molecule has 0 aromatic heterocycles. The quantitative estimate of drug-likeness (QED) is 0.337. The highest BCUT2D eigenvalue weighted by molar-refractivity contribution is 8.15. The van der Waals surface area contributed by atoms with Gasteiger partial charge in [-0.05, 0) is 5.75 Å². The lowest BCUT2D eigenvalue weighted by molar-refractivity contribution is -0.144. The Bertz CT molecular complexity index is 191. The second-order valence-corrected chi connectivity index (χ2v) is 3.98. The third kappa shape index (κ3) is 1.18. The molecule has 1 saturated heterocycles. The number of imide groups is 1. The van der Waals surface area contributed by atoms with Crippen LogP contribution in [0, 0.1) is 0 Å². The fourth-order valence-electron chi connectivity index (χ4n) is 0.879. The smallest absolute Gasteiger partial charge is 0.280 e. The topological polar surface area (TPSA) is 54.5 Å². The third-order valence-electron chi connectivity index (χ3n) is 1.43. The summed E-state index contributed by atoms with van der Waals surface area (Å²) in [6, 6.07) is 0. The third-order valence-corrected chi connectivity index (χ3v) is 2.86. The summed E-state index contributed by atoms with van der Waals surface area (Å²) in [7, 11) is 0. The van der Waals surface area contributed by atoms with Gasteiger partial charge in [0.25, 0.3) is 0 Å². The minimum Gasteiger partial charge on any atom is -0.280 e. The number of hydrogen-bond acceptors (Lipinski definition) is 3. The Morgan fingerprint density at radius 3 is 2.70 bits per heavy atom. The molecule has 1 rings (SSSR count). The lowest BCUT2D eigenvalue weighted by atomic mass is 10.5. The fourth-order valence-corrected chi connectivity index (χ4v) is 2.12. The van der Waals surface area contributed by atoms with E-state index in [0.717, 1.165) is 10.7 Å². The molecular formula is C5H9NO3S. The van der Waals surface area contributed by atoms with Crippen molar-refractivity contribution in [3.63, 3.8) is 0 Å². The normalized spacial score (nSPS) is 20.2. The van der Waals surface area contributed by atoms with Crippen molar-refractivity contribution in [3.05, 3.63) is 0 Å². The second-order valence-electron chi connectivity index (χ2n) is 2.13.